The lowest BCUT2D eigenvalue weighted by Gasteiger charge is -2.21. The summed E-state index contributed by atoms with van der Waals surface area (Å²) in [5.74, 6) is -0.696. The van der Waals surface area contributed by atoms with Crippen molar-refractivity contribution in [1.29, 1.82) is 0 Å². The molecule has 1 aromatic carbocycles. The molecule has 1 amide bonds. The van der Waals surface area contributed by atoms with E-state index >= 15 is 0 Å². The average Bonchev–Trinajstić information content (AvgIpc) is 2.35. The molecule has 5 nitrogen and oxygen atoms in total. The van der Waals surface area contributed by atoms with Gasteiger partial charge in [0.05, 0.1) is 18.1 Å². The molecule has 0 spiro atoms. The molecule has 1 aromatic rings. The van der Waals surface area contributed by atoms with Gasteiger partial charge < -0.3 is 15.8 Å². The summed E-state index contributed by atoms with van der Waals surface area (Å²) in [7, 11) is 1.32. The lowest BCUT2D eigenvalue weighted by atomic mass is 9.93. The van der Waals surface area contributed by atoms with Crippen molar-refractivity contribution in [2.45, 2.75) is 13.8 Å². The van der Waals surface area contributed by atoms with Crippen LogP contribution >= 0.6 is 15.9 Å². The number of carbonyl (C=O) groups is 2. The number of anilines is 1. The molecule has 0 unspecified atom stereocenters. The summed E-state index contributed by atoms with van der Waals surface area (Å²) in [5.41, 5.74) is 5.74. The summed E-state index contributed by atoms with van der Waals surface area (Å²) in [5, 5.41) is 2.68. The van der Waals surface area contributed by atoms with Gasteiger partial charge in [-0.1, -0.05) is 15.9 Å². The third-order valence-corrected chi connectivity index (χ3v) is 3.18. The number of ether oxygens (including phenoxy) is 1. The van der Waals surface area contributed by atoms with E-state index < -0.39 is 5.41 Å². The first-order valence-corrected chi connectivity index (χ1v) is 6.49. The normalized spacial score (nSPS) is 10.9. The SMILES string of the molecule is COC(=O)C(C)(C)CNC(=O)c1ccc(Br)cc1N. The number of nitrogen functional groups attached to an aromatic ring is 1. The molecule has 0 fully saturated rings. The molecule has 1 rings (SSSR count). The Morgan fingerprint density at radius 1 is 1.42 bits per heavy atom. The number of nitrogens with two attached hydrogens (primary N) is 1. The minimum absolute atomic E-state index is 0.175. The van der Waals surface area contributed by atoms with Gasteiger partial charge in [0.1, 0.15) is 0 Å². The van der Waals surface area contributed by atoms with E-state index in [1.165, 1.54) is 7.11 Å². The summed E-state index contributed by atoms with van der Waals surface area (Å²) in [6, 6.07) is 5.01. The zero-order valence-electron chi connectivity index (χ0n) is 11.1. The van der Waals surface area contributed by atoms with Gasteiger partial charge in [0.15, 0.2) is 0 Å². The molecule has 0 aromatic heterocycles. The fraction of sp³-hybridized carbons (Fsp3) is 0.385. The molecule has 0 aliphatic heterocycles. The van der Waals surface area contributed by atoms with Crippen molar-refractivity contribution in [2.75, 3.05) is 19.4 Å². The fourth-order valence-electron chi connectivity index (χ4n) is 1.49. The molecule has 0 saturated carbocycles. The van der Waals surface area contributed by atoms with Gasteiger partial charge in [-0.25, -0.2) is 0 Å². The maximum atomic E-state index is 12.0. The molecule has 0 aliphatic rings. The van der Waals surface area contributed by atoms with Crippen LogP contribution in [0.1, 0.15) is 24.2 Å². The Bertz CT molecular complexity index is 501. The number of esters is 1. The van der Waals surface area contributed by atoms with Crippen LogP contribution < -0.4 is 11.1 Å². The number of hydrogen-bond acceptors (Lipinski definition) is 4. The molecule has 0 atom stereocenters. The standard InChI is InChI=1S/C13H17BrN2O3/c1-13(2,12(18)19-3)7-16-11(17)9-5-4-8(14)6-10(9)15/h4-6H,7,15H2,1-3H3,(H,16,17). The van der Waals surface area contributed by atoms with Crippen LogP contribution in [0.15, 0.2) is 22.7 Å². The summed E-state index contributed by atoms with van der Waals surface area (Å²) < 4.78 is 5.47. The smallest absolute Gasteiger partial charge is 0.313 e. The van der Waals surface area contributed by atoms with Gasteiger partial charge in [-0.3, -0.25) is 9.59 Å². The number of rotatable bonds is 4. The Morgan fingerprint density at radius 2 is 2.05 bits per heavy atom. The highest BCUT2D eigenvalue weighted by Crippen LogP contribution is 2.19. The number of halogens is 1. The first-order chi connectivity index (χ1) is 8.77. The van der Waals surface area contributed by atoms with Crippen molar-refractivity contribution in [2.24, 2.45) is 5.41 Å². The Labute approximate surface area is 120 Å². The maximum absolute atomic E-state index is 12.0. The number of benzene rings is 1. The molecule has 3 N–H and O–H groups in total. The van der Waals surface area contributed by atoms with Crippen molar-refractivity contribution in [3.8, 4) is 0 Å². The van der Waals surface area contributed by atoms with E-state index in [2.05, 4.69) is 26.0 Å². The molecule has 0 heterocycles. The minimum Gasteiger partial charge on any atom is -0.469 e. The van der Waals surface area contributed by atoms with Crippen LogP contribution in [-0.2, 0) is 9.53 Å². The predicted octanol–water partition coefficient (Wildman–Crippen LogP) is 1.96. The molecule has 6 heteroatoms. The molecule has 19 heavy (non-hydrogen) atoms. The zero-order valence-corrected chi connectivity index (χ0v) is 12.7. The molecule has 0 bridgehead atoms. The van der Waals surface area contributed by atoms with E-state index in [0.29, 0.717) is 11.3 Å². The molecule has 0 radical (unpaired) electrons. The Balaban J connectivity index is 2.73. The van der Waals surface area contributed by atoms with E-state index in [1.54, 1.807) is 32.0 Å². The first-order valence-electron chi connectivity index (χ1n) is 5.69. The van der Waals surface area contributed by atoms with E-state index in [-0.39, 0.29) is 18.4 Å². The number of amides is 1. The van der Waals surface area contributed by atoms with Gasteiger partial charge in [0.2, 0.25) is 0 Å². The van der Waals surface area contributed by atoms with Crippen molar-refractivity contribution >= 4 is 33.5 Å². The average molecular weight is 329 g/mol. The molecule has 0 saturated heterocycles. The van der Waals surface area contributed by atoms with E-state index in [9.17, 15) is 9.59 Å². The number of hydrogen-bond donors (Lipinski definition) is 2. The summed E-state index contributed by atoms with van der Waals surface area (Å²) in [6.07, 6.45) is 0. The summed E-state index contributed by atoms with van der Waals surface area (Å²) >= 11 is 3.27. The van der Waals surface area contributed by atoms with Crippen LogP contribution in [0.4, 0.5) is 5.69 Å². The van der Waals surface area contributed by atoms with Gasteiger partial charge in [-0.2, -0.15) is 0 Å². The van der Waals surface area contributed by atoms with E-state index in [0.717, 1.165) is 4.47 Å². The maximum Gasteiger partial charge on any atom is 0.313 e. The van der Waals surface area contributed by atoms with Gasteiger partial charge in [-0.05, 0) is 32.0 Å². The minimum atomic E-state index is -0.783. The van der Waals surface area contributed by atoms with Crippen LogP contribution in [0, 0.1) is 5.41 Å². The third kappa shape index (κ3) is 3.96. The molecular weight excluding hydrogens is 312 g/mol. The Kier molecular flexibility index (Phi) is 4.94. The lowest BCUT2D eigenvalue weighted by Crippen LogP contribution is -2.39. The van der Waals surface area contributed by atoms with Gasteiger partial charge in [0.25, 0.3) is 5.91 Å². The largest absolute Gasteiger partial charge is 0.469 e. The summed E-state index contributed by atoms with van der Waals surface area (Å²) in [4.78, 5) is 23.5. The van der Waals surface area contributed by atoms with Crippen molar-refractivity contribution in [3.05, 3.63) is 28.2 Å². The van der Waals surface area contributed by atoms with Crippen molar-refractivity contribution in [1.82, 2.24) is 5.32 Å². The van der Waals surface area contributed by atoms with Crippen LogP contribution in [-0.4, -0.2) is 25.5 Å². The lowest BCUT2D eigenvalue weighted by molar-refractivity contribution is -0.150. The van der Waals surface area contributed by atoms with E-state index in [1.807, 2.05) is 0 Å². The highest BCUT2D eigenvalue weighted by molar-refractivity contribution is 9.10. The van der Waals surface area contributed by atoms with Crippen LogP contribution in [0.2, 0.25) is 0 Å². The topological polar surface area (TPSA) is 81.4 Å². The second-order valence-corrected chi connectivity index (χ2v) is 5.71. The van der Waals surface area contributed by atoms with Gasteiger partial charge in [-0.15, -0.1) is 0 Å². The zero-order chi connectivity index (χ0) is 14.6. The first kappa shape index (κ1) is 15.5. The Morgan fingerprint density at radius 3 is 2.58 bits per heavy atom. The van der Waals surface area contributed by atoms with Gasteiger partial charge >= 0.3 is 5.97 Å². The van der Waals surface area contributed by atoms with Crippen LogP contribution in [0.25, 0.3) is 0 Å². The number of methoxy groups -OCH3 is 1. The molecule has 0 aliphatic carbocycles. The van der Waals surface area contributed by atoms with Crippen LogP contribution in [0.3, 0.4) is 0 Å². The fourth-order valence-corrected chi connectivity index (χ4v) is 1.86. The quantitative estimate of drug-likeness (QED) is 0.654. The number of carbonyl (C=O) groups excluding carboxylic acids is 2. The predicted molar refractivity (Wildman–Crippen MR) is 76.7 cm³/mol. The number of nitrogens with one attached hydrogen (secondary N) is 1. The van der Waals surface area contributed by atoms with Crippen LogP contribution in [0.5, 0.6) is 0 Å². The molecule has 104 valence electrons. The second-order valence-electron chi connectivity index (χ2n) is 4.79. The second kappa shape index (κ2) is 6.06. The monoisotopic (exact) mass is 328 g/mol. The van der Waals surface area contributed by atoms with Crippen molar-refractivity contribution in [3.63, 3.8) is 0 Å². The Hall–Kier alpha value is -1.56. The van der Waals surface area contributed by atoms with Crippen molar-refractivity contribution < 1.29 is 14.3 Å². The molecular formula is C13H17BrN2O3. The summed E-state index contributed by atoms with van der Waals surface area (Å²) in [6.45, 7) is 3.57. The third-order valence-electron chi connectivity index (χ3n) is 2.69. The highest BCUT2D eigenvalue weighted by atomic mass is 79.9. The van der Waals surface area contributed by atoms with E-state index in [4.69, 9.17) is 5.73 Å². The highest BCUT2D eigenvalue weighted by Gasteiger charge is 2.29. The van der Waals surface area contributed by atoms with Gasteiger partial charge in [0, 0.05) is 16.7 Å².